The first-order valence-electron chi connectivity index (χ1n) is 15.6. The van der Waals surface area contributed by atoms with Gasteiger partial charge in [-0.15, -0.1) is 0 Å². The van der Waals surface area contributed by atoms with Gasteiger partial charge in [-0.3, -0.25) is 4.90 Å². The number of carboxylic acids is 1. The van der Waals surface area contributed by atoms with E-state index >= 15 is 0 Å². The third-order valence-electron chi connectivity index (χ3n) is 9.88. The van der Waals surface area contributed by atoms with Gasteiger partial charge in [-0.25, -0.2) is 14.2 Å². The summed E-state index contributed by atoms with van der Waals surface area (Å²) in [6.45, 7) is 5.21. The summed E-state index contributed by atoms with van der Waals surface area (Å²) in [4.78, 5) is 21.8. The molecule has 8 rings (SSSR count). The fourth-order valence-electron chi connectivity index (χ4n) is 7.28. The number of halogens is 2. The van der Waals surface area contributed by atoms with Crippen LogP contribution in [0.25, 0.3) is 11.0 Å². The van der Waals surface area contributed by atoms with Crippen LogP contribution in [0.4, 0.5) is 10.1 Å². The van der Waals surface area contributed by atoms with Crippen molar-refractivity contribution in [2.75, 3.05) is 31.7 Å². The molecule has 12 heteroatoms. The Kier molecular flexibility index (Phi) is 7.04. The lowest BCUT2D eigenvalue weighted by Crippen LogP contribution is -2.64. The maximum Gasteiger partial charge on any atom is 0.335 e. The average molecular weight is 649 g/mol. The summed E-state index contributed by atoms with van der Waals surface area (Å²) in [5.74, 6) is -0.313. The molecule has 4 aliphatic rings. The standard InChI is InChI=1S/C34H34ClFN4O6/c1-34(22-7-6-20(35)16-23(22)36)45-28-5-3-4-26(32(28)46-34)39-12-11-38(24-8-9-25(24)39)18-30-37-31-27(40(30)17-21-10-13-44-21)14-19(33(41)42)15-29(31)43-2/h3-7,14-16,21,24-25H,8-13,17-18H2,1-2H3,(H,41,42)/t21-,24+,25+,34-/m0/s1. The lowest BCUT2D eigenvalue weighted by molar-refractivity contribution is -0.0706. The molecule has 0 radical (unpaired) electrons. The van der Waals surface area contributed by atoms with Crippen molar-refractivity contribution in [1.29, 1.82) is 0 Å². The Morgan fingerprint density at radius 3 is 2.65 bits per heavy atom. The SMILES string of the molecule is COc1cc(C(=O)O)cc2c1nc(CN1CCN(c3cccc4c3O[C@@](C)(c3ccc(Cl)cc3F)O4)[C@@H]3CC[C@H]31)n2C[C@@H]1CCO1. The second-order valence-electron chi connectivity index (χ2n) is 12.5. The number of anilines is 1. The Morgan fingerprint density at radius 1 is 1.13 bits per heavy atom. The zero-order valence-corrected chi connectivity index (χ0v) is 26.3. The van der Waals surface area contributed by atoms with Crippen LogP contribution in [0.2, 0.25) is 5.02 Å². The van der Waals surface area contributed by atoms with Gasteiger partial charge in [0.25, 0.3) is 5.79 Å². The van der Waals surface area contributed by atoms with E-state index in [0.717, 1.165) is 56.0 Å². The molecule has 0 unspecified atom stereocenters. The van der Waals surface area contributed by atoms with Crippen LogP contribution < -0.4 is 19.1 Å². The van der Waals surface area contributed by atoms with Crippen molar-refractivity contribution in [2.24, 2.45) is 0 Å². The van der Waals surface area contributed by atoms with Crippen LogP contribution in [0.15, 0.2) is 48.5 Å². The number of carbonyl (C=O) groups is 1. The Bertz CT molecular complexity index is 1860. The van der Waals surface area contributed by atoms with Gasteiger partial charge in [-0.2, -0.15) is 0 Å². The number of aromatic nitrogens is 2. The highest BCUT2D eigenvalue weighted by molar-refractivity contribution is 6.30. The summed E-state index contributed by atoms with van der Waals surface area (Å²) in [5.41, 5.74) is 2.78. The van der Waals surface area contributed by atoms with Crippen LogP contribution in [0.5, 0.6) is 17.2 Å². The van der Waals surface area contributed by atoms with E-state index in [9.17, 15) is 14.3 Å². The molecule has 4 atom stereocenters. The Labute approximate surface area is 270 Å². The quantitative estimate of drug-likeness (QED) is 0.253. The molecule has 3 fully saturated rings. The molecule has 3 aliphatic heterocycles. The van der Waals surface area contributed by atoms with Gasteiger partial charge in [0.15, 0.2) is 11.5 Å². The molecule has 0 amide bonds. The van der Waals surface area contributed by atoms with Crippen LogP contribution in [0, 0.1) is 5.82 Å². The molecule has 4 aromatic rings. The van der Waals surface area contributed by atoms with E-state index in [4.69, 9.17) is 35.5 Å². The summed E-state index contributed by atoms with van der Waals surface area (Å²) in [6, 6.07) is 14.1. The Morgan fingerprint density at radius 2 is 1.96 bits per heavy atom. The van der Waals surface area contributed by atoms with Crippen molar-refractivity contribution >= 4 is 34.3 Å². The van der Waals surface area contributed by atoms with Crippen molar-refractivity contribution in [3.05, 3.63) is 76.3 Å². The first-order chi connectivity index (χ1) is 22.2. The van der Waals surface area contributed by atoms with E-state index in [0.29, 0.717) is 40.9 Å². The molecule has 46 heavy (non-hydrogen) atoms. The van der Waals surface area contributed by atoms with Crippen molar-refractivity contribution in [3.63, 3.8) is 0 Å². The van der Waals surface area contributed by atoms with Crippen LogP contribution >= 0.6 is 11.6 Å². The molecule has 4 heterocycles. The monoisotopic (exact) mass is 648 g/mol. The van der Waals surface area contributed by atoms with Gasteiger partial charge in [-0.1, -0.05) is 17.7 Å². The summed E-state index contributed by atoms with van der Waals surface area (Å²) in [6.07, 6.45) is 3.09. The predicted molar refractivity (Wildman–Crippen MR) is 169 cm³/mol. The van der Waals surface area contributed by atoms with Gasteiger partial charge in [0.2, 0.25) is 0 Å². The number of hydrogen-bond acceptors (Lipinski definition) is 8. The lowest BCUT2D eigenvalue weighted by atomic mass is 9.81. The minimum Gasteiger partial charge on any atom is -0.494 e. The highest BCUT2D eigenvalue weighted by Crippen LogP contribution is 2.51. The van der Waals surface area contributed by atoms with E-state index in [1.54, 1.807) is 25.1 Å². The number of imidazole rings is 1. The number of nitrogens with zero attached hydrogens (tertiary/aromatic N) is 4. The first kappa shape index (κ1) is 29.3. The molecule has 3 aromatic carbocycles. The van der Waals surface area contributed by atoms with Gasteiger partial charge in [0.05, 0.1) is 48.6 Å². The van der Waals surface area contributed by atoms with Gasteiger partial charge in [-0.05, 0) is 61.7 Å². The number of carboxylic acid groups (broad SMARTS) is 1. The first-order valence-corrected chi connectivity index (χ1v) is 16.0. The largest absolute Gasteiger partial charge is 0.494 e. The topological polar surface area (TPSA) is 98.5 Å². The molecular formula is C34H34ClFN4O6. The van der Waals surface area contributed by atoms with Crippen LogP contribution in [-0.2, 0) is 23.6 Å². The average Bonchev–Trinajstić information content (AvgIpc) is 3.51. The van der Waals surface area contributed by atoms with Gasteiger partial charge >= 0.3 is 5.97 Å². The number of ether oxygens (including phenoxy) is 4. The number of para-hydroxylation sites is 1. The number of methoxy groups -OCH3 is 1. The zero-order valence-electron chi connectivity index (χ0n) is 25.5. The number of fused-ring (bicyclic) bond motifs is 3. The van der Waals surface area contributed by atoms with Gasteiger partial charge in [0.1, 0.15) is 22.9 Å². The molecule has 1 aliphatic carbocycles. The number of aromatic carboxylic acids is 1. The smallest absolute Gasteiger partial charge is 0.335 e. The second kappa shape index (κ2) is 11.0. The summed E-state index contributed by atoms with van der Waals surface area (Å²) in [5, 5.41) is 10.1. The Balaban J connectivity index is 1.07. The van der Waals surface area contributed by atoms with Crippen molar-refractivity contribution in [3.8, 4) is 17.2 Å². The number of piperazine rings is 1. The minimum atomic E-state index is -1.32. The molecule has 0 spiro atoms. The molecule has 240 valence electrons. The molecule has 1 N–H and O–H groups in total. The molecule has 10 nitrogen and oxygen atoms in total. The van der Waals surface area contributed by atoms with E-state index in [1.807, 2.05) is 18.2 Å². The molecule has 1 aromatic heterocycles. The molecule has 2 saturated heterocycles. The summed E-state index contributed by atoms with van der Waals surface area (Å²) >= 11 is 6.01. The highest BCUT2D eigenvalue weighted by atomic mass is 35.5. The highest BCUT2D eigenvalue weighted by Gasteiger charge is 2.47. The maximum atomic E-state index is 15.0. The fourth-order valence-corrected chi connectivity index (χ4v) is 7.44. The lowest BCUT2D eigenvalue weighted by Gasteiger charge is -2.54. The third kappa shape index (κ3) is 4.75. The van der Waals surface area contributed by atoms with E-state index in [2.05, 4.69) is 14.4 Å². The van der Waals surface area contributed by atoms with Crippen molar-refractivity contribution in [2.45, 2.75) is 63.3 Å². The van der Waals surface area contributed by atoms with Crippen molar-refractivity contribution in [1.82, 2.24) is 14.5 Å². The van der Waals surface area contributed by atoms with E-state index < -0.39 is 17.6 Å². The minimum absolute atomic E-state index is 0.0679. The molecule has 1 saturated carbocycles. The van der Waals surface area contributed by atoms with Gasteiger partial charge < -0.3 is 33.5 Å². The summed E-state index contributed by atoms with van der Waals surface area (Å²) in [7, 11) is 1.54. The number of hydrogen-bond donors (Lipinski definition) is 1. The number of rotatable bonds is 8. The zero-order chi connectivity index (χ0) is 31.7. The Hall–Kier alpha value is -4.06. The third-order valence-corrected chi connectivity index (χ3v) is 10.1. The van der Waals surface area contributed by atoms with E-state index in [-0.39, 0.29) is 29.3 Å². The second-order valence-corrected chi connectivity index (χ2v) is 13.0. The fraction of sp³-hybridized carbons (Fsp3) is 0.412. The van der Waals surface area contributed by atoms with Crippen LogP contribution in [0.3, 0.4) is 0 Å². The molecule has 0 bridgehead atoms. The van der Waals surface area contributed by atoms with Crippen LogP contribution in [-0.4, -0.2) is 70.5 Å². The summed E-state index contributed by atoms with van der Waals surface area (Å²) < 4.78 is 41.1. The molecular weight excluding hydrogens is 615 g/mol. The van der Waals surface area contributed by atoms with Crippen molar-refractivity contribution < 1.29 is 33.2 Å². The van der Waals surface area contributed by atoms with Crippen LogP contribution in [0.1, 0.15) is 47.9 Å². The normalized spacial score (nSPS) is 25.2. The van der Waals surface area contributed by atoms with Gasteiger partial charge in [0, 0.05) is 43.7 Å². The number of benzene rings is 3. The predicted octanol–water partition coefficient (Wildman–Crippen LogP) is 5.82. The van der Waals surface area contributed by atoms with E-state index in [1.165, 1.54) is 19.2 Å². The maximum absolute atomic E-state index is 15.0.